The van der Waals surface area contributed by atoms with Gasteiger partial charge in [0.25, 0.3) is 0 Å². The molecule has 5 nitrogen and oxygen atoms in total. The lowest BCUT2D eigenvalue weighted by atomic mass is 10.2. The van der Waals surface area contributed by atoms with E-state index in [0.717, 1.165) is 17.0 Å². The summed E-state index contributed by atoms with van der Waals surface area (Å²) in [4.78, 5) is 4.19. The third-order valence-corrected chi connectivity index (χ3v) is 5.76. The molecule has 23 heavy (non-hydrogen) atoms. The van der Waals surface area contributed by atoms with E-state index < -0.39 is 10.0 Å². The number of sulfonamides is 1. The van der Waals surface area contributed by atoms with Crippen LogP contribution in [0.2, 0.25) is 0 Å². The molecule has 0 saturated carbocycles. The van der Waals surface area contributed by atoms with Crippen molar-refractivity contribution >= 4 is 10.0 Å². The Kier molecular flexibility index (Phi) is 4.63. The van der Waals surface area contributed by atoms with Gasteiger partial charge in [-0.15, -0.1) is 0 Å². The zero-order chi connectivity index (χ0) is 16.3. The number of hydrogen-bond donors (Lipinski definition) is 0. The van der Waals surface area contributed by atoms with Crippen molar-refractivity contribution in [2.75, 3.05) is 13.1 Å². The highest BCUT2D eigenvalue weighted by Crippen LogP contribution is 2.23. The Morgan fingerprint density at radius 3 is 2.74 bits per heavy atom. The summed E-state index contributed by atoms with van der Waals surface area (Å²) in [6, 6.07) is 12.9. The molecule has 1 aliphatic heterocycles. The highest BCUT2D eigenvalue weighted by atomic mass is 32.2. The molecule has 1 saturated heterocycles. The van der Waals surface area contributed by atoms with Crippen molar-refractivity contribution in [2.45, 2.75) is 25.2 Å². The monoisotopic (exact) mass is 332 g/mol. The molecule has 0 aliphatic carbocycles. The van der Waals surface area contributed by atoms with E-state index in [1.807, 2.05) is 49.4 Å². The summed E-state index contributed by atoms with van der Waals surface area (Å²) >= 11 is 0. The fourth-order valence-corrected chi connectivity index (χ4v) is 4.27. The van der Waals surface area contributed by atoms with Crippen molar-refractivity contribution in [3.63, 3.8) is 0 Å². The van der Waals surface area contributed by atoms with E-state index in [2.05, 4.69) is 4.98 Å². The van der Waals surface area contributed by atoms with Crippen LogP contribution in [0.25, 0.3) is 0 Å². The van der Waals surface area contributed by atoms with Gasteiger partial charge in [0.05, 0.1) is 18.0 Å². The lowest BCUT2D eigenvalue weighted by molar-refractivity contribution is 0.213. The first kappa shape index (κ1) is 16.0. The normalized spacial score (nSPS) is 18.9. The molecular formula is C17H20N2O3S. The summed E-state index contributed by atoms with van der Waals surface area (Å²) < 4.78 is 32.5. The molecule has 1 aromatic carbocycles. The molecule has 0 N–H and O–H groups in total. The predicted octanol–water partition coefficient (Wildman–Crippen LogP) is 2.37. The number of hydrogen-bond acceptors (Lipinski definition) is 4. The third kappa shape index (κ3) is 3.89. The summed E-state index contributed by atoms with van der Waals surface area (Å²) in [5.74, 6) is 0.756. The summed E-state index contributed by atoms with van der Waals surface area (Å²) in [6.07, 6.45) is 2.29. The van der Waals surface area contributed by atoms with E-state index in [0.29, 0.717) is 19.5 Å². The number of ether oxygens (including phenoxy) is 1. The third-order valence-electron chi connectivity index (χ3n) is 3.95. The van der Waals surface area contributed by atoms with Crippen LogP contribution in [-0.4, -0.2) is 36.9 Å². The van der Waals surface area contributed by atoms with Gasteiger partial charge in [0.2, 0.25) is 10.0 Å². The molecule has 122 valence electrons. The van der Waals surface area contributed by atoms with Crippen LogP contribution in [0.3, 0.4) is 0 Å². The van der Waals surface area contributed by atoms with Gasteiger partial charge in [-0.25, -0.2) is 8.42 Å². The Balaban J connectivity index is 1.64. The zero-order valence-electron chi connectivity index (χ0n) is 13.1. The van der Waals surface area contributed by atoms with Gasteiger partial charge in [-0.1, -0.05) is 30.3 Å². The second-order valence-electron chi connectivity index (χ2n) is 5.72. The van der Waals surface area contributed by atoms with E-state index in [1.54, 1.807) is 6.20 Å². The topological polar surface area (TPSA) is 59.5 Å². The maximum absolute atomic E-state index is 12.5. The molecule has 1 aliphatic rings. The molecule has 0 amide bonds. The molecule has 2 heterocycles. The summed E-state index contributed by atoms with van der Waals surface area (Å²) in [5.41, 5.74) is 1.62. The fourth-order valence-electron chi connectivity index (χ4n) is 2.70. The Morgan fingerprint density at radius 1 is 1.22 bits per heavy atom. The molecule has 1 unspecified atom stereocenters. The molecule has 2 aromatic rings. The first-order valence-electron chi connectivity index (χ1n) is 7.64. The number of nitrogens with zero attached hydrogens (tertiary/aromatic N) is 2. The fraction of sp³-hybridized carbons (Fsp3) is 0.353. The molecule has 0 bridgehead atoms. The Bertz CT molecular complexity index is 762. The lowest BCUT2D eigenvalue weighted by Crippen LogP contribution is -2.32. The minimum Gasteiger partial charge on any atom is -0.487 e. The van der Waals surface area contributed by atoms with Crippen molar-refractivity contribution in [2.24, 2.45) is 0 Å². The maximum atomic E-state index is 12.5. The van der Waals surface area contributed by atoms with Crippen LogP contribution in [0.4, 0.5) is 0 Å². The smallest absolute Gasteiger partial charge is 0.218 e. The van der Waals surface area contributed by atoms with Crippen LogP contribution in [0, 0.1) is 6.92 Å². The first-order chi connectivity index (χ1) is 11.0. The van der Waals surface area contributed by atoms with E-state index in [-0.39, 0.29) is 11.9 Å². The summed E-state index contributed by atoms with van der Waals surface area (Å²) in [6.45, 7) is 2.77. The number of aryl methyl sites for hydroxylation is 1. The van der Waals surface area contributed by atoms with Crippen LogP contribution >= 0.6 is 0 Å². The van der Waals surface area contributed by atoms with Gasteiger partial charge in [-0.3, -0.25) is 4.98 Å². The summed E-state index contributed by atoms with van der Waals surface area (Å²) in [5, 5.41) is 0. The molecule has 1 fully saturated rings. The van der Waals surface area contributed by atoms with Crippen molar-refractivity contribution in [3.8, 4) is 5.75 Å². The summed E-state index contributed by atoms with van der Waals surface area (Å²) in [7, 11) is -3.31. The van der Waals surface area contributed by atoms with Crippen molar-refractivity contribution < 1.29 is 13.2 Å². The molecule has 0 spiro atoms. The number of pyridine rings is 1. The van der Waals surface area contributed by atoms with Crippen LogP contribution in [0.5, 0.6) is 5.75 Å². The van der Waals surface area contributed by atoms with Gasteiger partial charge >= 0.3 is 0 Å². The maximum Gasteiger partial charge on any atom is 0.218 e. The standard InChI is InChI=1S/C17H20N2O3S/c1-14-17(8-5-10-18-14)22-16-9-11-19(12-16)23(20,21)13-15-6-3-2-4-7-15/h2-8,10,16H,9,11-13H2,1H3. The SMILES string of the molecule is Cc1ncccc1OC1CCN(S(=O)(=O)Cc2ccccc2)C1. The Hall–Kier alpha value is -1.92. The van der Waals surface area contributed by atoms with Crippen molar-refractivity contribution in [1.29, 1.82) is 0 Å². The van der Waals surface area contributed by atoms with E-state index in [4.69, 9.17) is 4.74 Å². The van der Waals surface area contributed by atoms with Gasteiger partial charge in [-0.2, -0.15) is 4.31 Å². The van der Waals surface area contributed by atoms with Crippen LogP contribution < -0.4 is 4.74 Å². The van der Waals surface area contributed by atoms with E-state index >= 15 is 0 Å². The average molecular weight is 332 g/mol. The molecule has 1 aromatic heterocycles. The molecule has 0 radical (unpaired) electrons. The van der Waals surface area contributed by atoms with Crippen molar-refractivity contribution in [3.05, 3.63) is 59.9 Å². The number of aromatic nitrogens is 1. The van der Waals surface area contributed by atoms with Gasteiger partial charge < -0.3 is 4.74 Å². The molecule has 3 rings (SSSR count). The quantitative estimate of drug-likeness (QED) is 0.843. The van der Waals surface area contributed by atoms with Crippen LogP contribution in [0.15, 0.2) is 48.7 Å². The highest BCUT2D eigenvalue weighted by Gasteiger charge is 2.32. The van der Waals surface area contributed by atoms with E-state index in [9.17, 15) is 8.42 Å². The molecule has 1 atom stereocenters. The Labute approximate surface area is 137 Å². The van der Waals surface area contributed by atoms with Gasteiger partial charge in [-0.05, 0) is 31.0 Å². The van der Waals surface area contributed by atoms with Crippen LogP contribution in [-0.2, 0) is 15.8 Å². The largest absolute Gasteiger partial charge is 0.487 e. The molecule has 6 heteroatoms. The number of rotatable bonds is 5. The Morgan fingerprint density at radius 2 is 2.00 bits per heavy atom. The first-order valence-corrected chi connectivity index (χ1v) is 9.25. The lowest BCUT2D eigenvalue weighted by Gasteiger charge is -2.18. The van der Waals surface area contributed by atoms with E-state index in [1.165, 1.54) is 4.31 Å². The molecular weight excluding hydrogens is 312 g/mol. The average Bonchev–Trinajstić information content (AvgIpc) is 3.00. The second-order valence-corrected chi connectivity index (χ2v) is 7.68. The zero-order valence-corrected chi connectivity index (χ0v) is 13.9. The van der Waals surface area contributed by atoms with Gasteiger partial charge in [0.15, 0.2) is 0 Å². The van der Waals surface area contributed by atoms with Crippen molar-refractivity contribution in [1.82, 2.24) is 9.29 Å². The number of benzene rings is 1. The van der Waals surface area contributed by atoms with Gasteiger partial charge in [0, 0.05) is 12.7 Å². The minimum absolute atomic E-state index is 0.0342. The minimum atomic E-state index is -3.31. The van der Waals surface area contributed by atoms with Gasteiger partial charge in [0.1, 0.15) is 11.9 Å². The highest BCUT2D eigenvalue weighted by molar-refractivity contribution is 7.88. The second kappa shape index (κ2) is 6.68. The predicted molar refractivity (Wildman–Crippen MR) is 88.6 cm³/mol. The van der Waals surface area contributed by atoms with Crippen LogP contribution in [0.1, 0.15) is 17.7 Å².